The van der Waals surface area contributed by atoms with Gasteiger partial charge in [0.2, 0.25) is 0 Å². The van der Waals surface area contributed by atoms with Crippen molar-refractivity contribution in [1.82, 2.24) is 24.4 Å². The molecule has 0 bridgehead atoms. The number of halogens is 3. The summed E-state index contributed by atoms with van der Waals surface area (Å²) in [6, 6.07) is 14.1. The number of carbonyl (C=O) groups is 1. The van der Waals surface area contributed by atoms with E-state index >= 15 is 0 Å². The van der Waals surface area contributed by atoms with Crippen LogP contribution in [0.5, 0.6) is 5.75 Å². The van der Waals surface area contributed by atoms with E-state index < -0.39 is 17.8 Å². The largest absolute Gasteiger partial charge is 0.497 e. The molecule has 2 saturated heterocycles. The lowest BCUT2D eigenvalue weighted by Gasteiger charge is -2.43. The van der Waals surface area contributed by atoms with Crippen molar-refractivity contribution in [3.63, 3.8) is 0 Å². The second-order valence-electron chi connectivity index (χ2n) is 11.7. The van der Waals surface area contributed by atoms with Crippen LogP contribution in [0.1, 0.15) is 40.1 Å². The predicted molar refractivity (Wildman–Crippen MR) is 166 cm³/mol. The smallest absolute Gasteiger partial charge is 0.433 e. The van der Waals surface area contributed by atoms with Gasteiger partial charge in [-0.1, -0.05) is 12.1 Å². The van der Waals surface area contributed by atoms with E-state index in [-0.39, 0.29) is 41.2 Å². The van der Waals surface area contributed by atoms with Crippen LogP contribution in [0.3, 0.4) is 0 Å². The van der Waals surface area contributed by atoms with E-state index in [4.69, 9.17) is 9.47 Å². The van der Waals surface area contributed by atoms with E-state index in [0.29, 0.717) is 44.2 Å². The van der Waals surface area contributed by atoms with Crippen LogP contribution in [-0.4, -0.2) is 101 Å². The number of piperazine rings is 1. The summed E-state index contributed by atoms with van der Waals surface area (Å²) in [7, 11) is 1.51. The molecule has 1 unspecified atom stereocenters. The number of hydrogen-bond acceptors (Lipinski definition) is 8. The Hall–Kier alpha value is -4.20. The number of ether oxygens (including phenoxy) is 2. The van der Waals surface area contributed by atoms with E-state index in [1.807, 2.05) is 19.1 Å². The SMILES string of the molecule is COc1ccc(-c2nc3c(C(=O)N4CCN(C(CO)c5cccc(N6CCOCC6)c5)C[C@H]4C)cnn3c(C(F)(F)F)c2C)cc1. The Balaban J connectivity index is 1.27. The molecule has 2 aromatic carbocycles. The van der Waals surface area contributed by atoms with E-state index in [0.717, 1.165) is 28.9 Å². The molecule has 10 nitrogen and oxygen atoms in total. The molecular formula is C33H37F3N6O4. The summed E-state index contributed by atoms with van der Waals surface area (Å²) < 4.78 is 54.6. The van der Waals surface area contributed by atoms with Crippen LogP contribution >= 0.6 is 0 Å². The fourth-order valence-corrected chi connectivity index (χ4v) is 6.49. The topological polar surface area (TPSA) is 95.7 Å². The van der Waals surface area contributed by atoms with Crippen LogP contribution in [-0.2, 0) is 10.9 Å². The molecule has 2 atom stereocenters. The molecule has 0 spiro atoms. The van der Waals surface area contributed by atoms with Crippen molar-refractivity contribution in [2.24, 2.45) is 0 Å². The monoisotopic (exact) mass is 638 g/mol. The number of aliphatic hydroxyl groups is 1. The lowest BCUT2D eigenvalue weighted by molar-refractivity contribution is -0.143. The summed E-state index contributed by atoms with van der Waals surface area (Å²) in [5.41, 5.74) is 1.39. The van der Waals surface area contributed by atoms with Crippen molar-refractivity contribution >= 4 is 17.2 Å². The third-order valence-corrected chi connectivity index (χ3v) is 8.91. The van der Waals surface area contributed by atoms with Crippen LogP contribution in [0, 0.1) is 6.92 Å². The van der Waals surface area contributed by atoms with Gasteiger partial charge in [-0.25, -0.2) is 9.50 Å². The molecule has 2 aliphatic heterocycles. The van der Waals surface area contributed by atoms with Crippen molar-refractivity contribution in [1.29, 1.82) is 0 Å². The van der Waals surface area contributed by atoms with E-state index in [1.54, 1.807) is 29.2 Å². The minimum atomic E-state index is -4.74. The van der Waals surface area contributed by atoms with Crippen LogP contribution in [0.15, 0.2) is 54.7 Å². The third kappa shape index (κ3) is 6.02. The highest BCUT2D eigenvalue weighted by atomic mass is 19.4. The molecule has 0 radical (unpaired) electrons. The first-order chi connectivity index (χ1) is 22.1. The fraction of sp³-hybridized carbons (Fsp3) is 0.424. The zero-order valence-corrected chi connectivity index (χ0v) is 26.0. The first kappa shape index (κ1) is 31.8. The molecule has 46 heavy (non-hydrogen) atoms. The first-order valence-electron chi connectivity index (χ1n) is 15.3. The van der Waals surface area contributed by atoms with Crippen molar-refractivity contribution in [2.45, 2.75) is 32.1 Å². The van der Waals surface area contributed by atoms with Gasteiger partial charge in [-0.3, -0.25) is 9.69 Å². The fourth-order valence-electron chi connectivity index (χ4n) is 6.49. The summed E-state index contributed by atoms with van der Waals surface area (Å²) >= 11 is 0. The van der Waals surface area contributed by atoms with Crippen molar-refractivity contribution < 1.29 is 32.5 Å². The van der Waals surface area contributed by atoms with Gasteiger partial charge < -0.3 is 24.4 Å². The molecule has 4 aromatic rings. The number of anilines is 1. The van der Waals surface area contributed by atoms with Crippen LogP contribution < -0.4 is 9.64 Å². The van der Waals surface area contributed by atoms with Crippen LogP contribution in [0.4, 0.5) is 18.9 Å². The molecule has 4 heterocycles. The number of benzene rings is 2. The lowest BCUT2D eigenvalue weighted by atomic mass is 10.0. The van der Waals surface area contributed by atoms with Crippen molar-refractivity contribution in [2.75, 3.05) is 64.6 Å². The van der Waals surface area contributed by atoms with Crippen LogP contribution in [0.2, 0.25) is 0 Å². The van der Waals surface area contributed by atoms with Gasteiger partial charge in [0, 0.05) is 55.6 Å². The van der Waals surface area contributed by atoms with Crippen LogP contribution in [0.25, 0.3) is 16.9 Å². The molecule has 1 N–H and O–H groups in total. The Morgan fingerprint density at radius 2 is 1.85 bits per heavy atom. The molecular weight excluding hydrogens is 601 g/mol. The van der Waals surface area contributed by atoms with Gasteiger partial charge in [-0.2, -0.15) is 18.3 Å². The lowest BCUT2D eigenvalue weighted by Crippen LogP contribution is -2.55. The number of nitrogens with zero attached hydrogens (tertiary/aromatic N) is 6. The highest BCUT2D eigenvalue weighted by Crippen LogP contribution is 2.37. The van der Waals surface area contributed by atoms with Crippen molar-refractivity contribution in [3.8, 4) is 17.0 Å². The zero-order chi connectivity index (χ0) is 32.6. The quantitative estimate of drug-likeness (QED) is 0.318. The molecule has 244 valence electrons. The Morgan fingerprint density at radius 3 is 2.50 bits per heavy atom. The molecule has 6 rings (SSSR count). The normalized spacial score (nSPS) is 18.6. The molecule has 2 aromatic heterocycles. The Bertz CT molecular complexity index is 1700. The van der Waals surface area contributed by atoms with E-state index in [2.05, 4.69) is 32.0 Å². The highest BCUT2D eigenvalue weighted by Gasteiger charge is 2.40. The third-order valence-electron chi connectivity index (χ3n) is 8.91. The minimum absolute atomic E-state index is 0.00233. The maximum Gasteiger partial charge on any atom is 0.433 e. The number of aromatic nitrogens is 3. The van der Waals surface area contributed by atoms with Gasteiger partial charge in [-0.15, -0.1) is 0 Å². The number of amides is 1. The number of hydrogen-bond donors (Lipinski definition) is 1. The van der Waals surface area contributed by atoms with Gasteiger partial charge in [0.05, 0.1) is 44.9 Å². The average molecular weight is 639 g/mol. The van der Waals surface area contributed by atoms with Gasteiger partial charge in [0.15, 0.2) is 11.3 Å². The number of fused-ring (bicyclic) bond motifs is 1. The summed E-state index contributed by atoms with van der Waals surface area (Å²) in [6.07, 6.45) is -3.57. The minimum Gasteiger partial charge on any atom is -0.497 e. The number of morpholine rings is 1. The molecule has 0 aliphatic carbocycles. The Labute approximate surface area is 264 Å². The highest BCUT2D eigenvalue weighted by molar-refractivity contribution is 6.00. The molecule has 1 amide bonds. The van der Waals surface area contributed by atoms with Gasteiger partial charge >= 0.3 is 6.18 Å². The van der Waals surface area contributed by atoms with Gasteiger partial charge in [0.25, 0.3) is 5.91 Å². The number of methoxy groups -OCH3 is 1. The van der Waals surface area contributed by atoms with Gasteiger partial charge in [-0.05, 0) is 55.8 Å². The van der Waals surface area contributed by atoms with Gasteiger partial charge in [0.1, 0.15) is 11.3 Å². The number of alkyl halides is 3. The number of carbonyl (C=O) groups excluding carboxylic acids is 1. The Morgan fingerprint density at radius 1 is 1.11 bits per heavy atom. The summed E-state index contributed by atoms with van der Waals surface area (Å²) in [5.74, 6) is 0.113. The Kier molecular flexibility index (Phi) is 8.90. The second-order valence-corrected chi connectivity index (χ2v) is 11.7. The number of rotatable bonds is 7. The van der Waals surface area contributed by atoms with Crippen molar-refractivity contribution in [3.05, 3.63) is 77.1 Å². The van der Waals surface area contributed by atoms with E-state index in [9.17, 15) is 23.1 Å². The number of aliphatic hydroxyl groups excluding tert-OH is 1. The summed E-state index contributed by atoms with van der Waals surface area (Å²) in [5, 5.41) is 14.5. The molecule has 0 saturated carbocycles. The average Bonchev–Trinajstić information content (AvgIpc) is 3.47. The summed E-state index contributed by atoms with van der Waals surface area (Å²) in [4.78, 5) is 24.6. The summed E-state index contributed by atoms with van der Waals surface area (Å²) in [6.45, 7) is 7.36. The first-order valence-corrected chi connectivity index (χ1v) is 15.3. The molecule has 2 fully saturated rings. The maximum absolute atomic E-state index is 14.4. The van der Waals surface area contributed by atoms with E-state index in [1.165, 1.54) is 20.2 Å². The maximum atomic E-state index is 14.4. The standard InChI is InChI=1S/C33H37F3N6O4/c1-21-19-40(28(20-43)24-5-4-6-25(17-24)39-13-15-46-16-14-39)11-12-41(21)32(44)27-18-37-42-30(33(34,35)36)22(2)29(38-31(27)42)23-7-9-26(45-3)10-8-23/h4-10,17-18,21,28,43H,11-16,19-20H2,1-3H3/t21-,28?/m1/s1. The zero-order valence-electron chi connectivity index (χ0n) is 26.0. The predicted octanol–water partition coefficient (Wildman–Crippen LogP) is 4.45. The molecule has 13 heteroatoms. The molecule has 2 aliphatic rings. The second kappa shape index (κ2) is 12.9.